The van der Waals surface area contributed by atoms with E-state index in [1.807, 2.05) is 0 Å². The molecule has 0 spiro atoms. The van der Waals surface area contributed by atoms with Crippen LogP contribution in [0.4, 0.5) is 0 Å². The van der Waals surface area contributed by atoms with E-state index in [-0.39, 0.29) is 24.8 Å². The van der Waals surface area contributed by atoms with Crippen LogP contribution in [0.15, 0.2) is 12.1 Å². The summed E-state index contributed by atoms with van der Waals surface area (Å²) < 4.78 is 0. The number of aromatic hydroxyl groups is 1. The normalized spacial score (nSPS) is 13.1. The molecule has 0 aromatic heterocycles. The Balaban J connectivity index is 0.00000256. The zero-order valence-electron chi connectivity index (χ0n) is 9.58. The first kappa shape index (κ1) is 16.8. The predicted molar refractivity (Wildman–Crippen MR) is 73.2 cm³/mol. The molecule has 6 heteroatoms. The number of aliphatic hydroxyl groups excluding tert-OH is 1. The lowest BCUT2D eigenvalue weighted by molar-refractivity contribution is 0.131. The third-order valence-electron chi connectivity index (χ3n) is 2.63. The molecule has 1 aromatic carbocycles. The molecule has 0 unspecified atom stereocenters. The fourth-order valence-corrected chi connectivity index (χ4v) is 1.97. The minimum absolute atomic E-state index is 0. The first-order chi connectivity index (χ1) is 7.29. The molecular weight excluding hydrogens is 284 g/mol. The highest BCUT2D eigenvalue weighted by Gasteiger charge is 2.30. The molecule has 1 rings (SSSR count). The van der Waals surface area contributed by atoms with Crippen LogP contribution in [-0.2, 0) is 0 Å². The summed E-state index contributed by atoms with van der Waals surface area (Å²) in [4.78, 5) is 0. The molecule has 0 heterocycles. The Morgan fingerprint density at radius 1 is 1.35 bits per heavy atom. The molecule has 0 fully saturated rings. The monoisotopic (exact) mass is 299 g/mol. The fraction of sp³-hybridized carbons (Fsp3) is 0.455. The first-order valence-corrected chi connectivity index (χ1v) is 5.59. The maximum Gasteiger partial charge on any atom is 0.123 e. The van der Waals surface area contributed by atoms with E-state index in [1.54, 1.807) is 13.8 Å². The zero-order valence-corrected chi connectivity index (χ0v) is 11.9. The van der Waals surface area contributed by atoms with Crippen LogP contribution in [0.5, 0.6) is 5.75 Å². The maximum atomic E-state index is 9.77. The molecule has 98 valence electrons. The molecular formula is C11H16Cl3NO2. The number of phenols is 1. The molecule has 4 N–H and O–H groups in total. The Kier molecular flexibility index (Phi) is 6.05. The van der Waals surface area contributed by atoms with Gasteiger partial charge in [0.05, 0.1) is 5.02 Å². The highest BCUT2D eigenvalue weighted by molar-refractivity contribution is 6.35. The predicted octanol–water partition coefficient (Wildman–Crippen LogP) is 3.14. The minimum atomic E-state index is -0.574. The Morgan fingerprint density at radius 2 is 1.88 bits per heavy atom. The minimum Gasteiger partial charge on any atom is -0.508 e. The van der Waals surface area contributed by atoms with Crippen LogP contribution in [0.25, 0.3) is 0 Å². The Morgan fingerprint density at radius 3 is 2.29 bits per heavy atom. The van der Waals surface area contributed by atoms with Gasteiger partial charge in [0, 0.05) is 28.6 Å². The van der Waals surface area contributed by atoms with Gasteiger partial charge < -0.3 is 15.9 Å². The van der Waals surface area contributed by atoms with Crippen LogP contribution in [0.2, 0.25) is 10.0 Å². The molecule has 0 bridgehead atoms. The molecule has 0 radical (unpaired) electrons. The van der Waals surface area contributed by atoms with Crippen LogP contribution in [0.1, 0.15) is 25.5 Å². The molecule has 0 aliphatic carbocycles. The summed E-state index contributed by atoms with van der Waals surface area (Å²) in [7, 11) is 0. The Labute approximate surface area is 117 Å². The van der Waals surface area contributed by atoms with Gasteiger partial charge in [-0.05, 0) is 12.1 Å². The number of aliphatic hydroxyl groups is 1. The van der Waals surface area contributed by atoms with Crippen molar-refractivity contribution in [1.82, 2.24) is 0 Å². The van der Waals surface area contributed by atoms with Crippen molar-refractivity contribution in [1.29, 1.82) is 0 Å². The third kappa shape index (κ3) is 3.63. The summed E-state index contributed by atoms with van der Waals surface area (Å²) in [5.74, 6) is -0.0495. The van der Waals surface area contributed by atoms with E-state index in [0.717, 1.165) is 0 Å². The van der Waals surface area contributed by atoms with E-state index in [2.05, 4.69) is 0 Å². The van der Waals surface area contributed by atoms with E-state index in [0.29, 0.717) is 15.6 Å². The standard InChI is InChI=1S/C11H15Cl2NO2.ClH/c1-11(2,5-15)10(14)9-7(13)3-6(12)4-8(9)16;/h3-4,10,15-16H,5,14H2,1-2H3;1H/t10-;/m0./s1. The summed E-state index contributed by atoms with van der Waals surface area (Å²) >= 11 is 11.7. The SMILES string of the molecule is CC(C)(CO)[C@@H](N)c1c(O)cc(Cl)cc1Cl.Cl. The van der Waals surface area contributed by atoms with Gasteiger partial charge in [-0.2, -0.15) is 0 Å². The second kappa shape index (κ2) is 6.12. The lowest BCUT2D eigenvalue weighted by Gasteiger charge is -2.30. The average Bonchev–Trinajstić information content (AvgIpc) is 2.15. The van der Waals surface area contributed by atoms with Gasteiger partial charge in [0.25, 0.3) is 0 Å². The molecule has 0 aliphatic heterocycles. The second-order valence-corrected chi connectivity index (χ2v) is 5.29. The van der Waals surface area contributed by atoms with Gasteiger partial charge in [0.15, 0.2) is 0 Å². The molecule has 0 saturated carbocycles. The molecule has 0 saturated heterocycles. The Hall–Kier alpha value is -0.190. The second-order valence-electron chi connectivity index (χ2n) is 4.44. The van der Waals surface area contributed by atoms with Gasteiger partial charge in [-0.1, -0.05) is 37.0 Å². The molecule has 1 aromatic rings. The highest BCUT2D eigenvalue weighted by atomic mass is 35.5. The Bertz CT molecular complexity index is 373. The van der Waals surface area contributed by atoms with Gasteiger partial charge in [-0.15, -0.1) is 12.4 Å². The van der Waals surface area contributed by atoms with E-state index >= 15 is 0 Å². The summed E-state index contributed by atoms with van der Waals surface area (Å²) in [6.07, 6.45) is 0. The van der Waals surface area contributed by atoms with E-state index in [9.17, 15) is 10.2 Å². The van der Waals surface area contributed by atoms with Crippen molar-refractivity contribution in [3.05, 3.63) is 27.7 Å². The van der Waals surface area contributed by atoms with Crippen molar-refractivity contribution in [2.24, 2.45) is 11.1 Å². The lowest BCUT2D eigenvalue weighted by Crippen LogP contribution is -2.32. The van der Waals surface area contributed by atoms with E-state index in [1.165, 1.54) is 12.1 Å². The molecule has 17 heavy (non-hydrogen) atoms. The van der Waals surface area contributed by atoms with Crippen LogP contribution < -0.4 is 5.73 Å². The first-order valence-electron chi connectivity index (χ1n) is 4.84. The van der Waals surface area contributed by atoms with Crippen LogP contribution >= 0.6 is 35.6 Å². The van der Waals surface area contributed by atoms with Gasteiger partial charge >= 0.3 is 0 Å². The molecule has 0 aliphatic rings. The number of halogens is 3. The largest absolute Gasteiger partial charge is 0.508 e. The van der Waals surface area contributed by atoms with E-state index in [4.69, 9.17) is 28.9 Å². The van der Waals surface area contributed by atoms with Crippen molar-refractivity contribution >= 4 is 35.6 Å². The highest BCUT2D eigenvalue weighted by Crippen LogP contribution is 2.40. The van der Waals surface area contributed by atoms with Gasteiger partial charge in [0.2, 0.25) is 0 Å². The molecule has 0 amide bonds. The number of rotatable bonds is 3. The summed E-state index contributed by atoms with van der Waals surface area (Å²) in [6, 6.07) is 2.34. The van der Waals surface area contributed by atoms with Crippen LogP contribution in [0, 0.1) is 5.41 Å². The summed E-state index contributed by atoms with van der Waals surface area (Å²) in [6.45, 7) is 3.48. The van der Waals surface area contributed by atoms with Crippen molar-refractivity contribution in [2.75, 3.05) is 6.61 Å². The smallest absolute Gasteiger partial charge is 0.123 e. The lowest BCUT2D eigenvalue weighted by atomic mass is 9.81. The van der Waals surface area contributed by atoms with Gasteiger partial charge in [0.1, 0.15) is 5.75 Å². The van der Waals surface area contributed by atoms with Crippen molar-refractivity contribution in [3.8, 4) is 5.75 Å². The fourth-order valence-electron chi connectivity index (χ4n) is 1.37. The van der Waals surface area contributed by atoms with Crippen LogP contribution in [0.3, 0.4) is 0 Å². The van der Waals surface area contributed by atoms with Gasteiger partial charge in [-0.25, -0.2) is 0 Å². The topological polar surface area (TPSA) is 66.5 Å². The summed E-state index contributed by atoms with van der Waals surface area (Å²) in [5.41, 5.74) is 5.82. The molecule has 3 nitrogen and oxygen atoms in total. The van der Waals surface area contributed by atoms with Crippen molar-refractivity contribution < 1.29 is 10.2 Å². The number of hydrogen-bond acceptors (Lipinski definition) is 3. The van der Waals surface area contributed by atoms with Crippen molar-refractivity contribution in [2.45, 2.75) is 19.9 Å². The van der Waals surface area contributed by atoms with Crippen molar-refractivity contribution in [3.63, 3.8) is 0 Å². The maximum absolute atomic E-state index is 9.77. The quantitative estimate of drug-likeness (QED) is 0.803. The molecule has 1 atom stereocenters. The zero-order chi connectivity index (χ0) is 12.5. The van der Waals surface area contributed by atoms with Gasteiger partial charge in [-0.3, -0.25) is 0 Å². The number of nitrogens with two attached hydrogens (primary N) is 1. The summed E-state index contributed by atoms with van der Waals surface area (Å²) in [5, 5.41) is 19.7. The third-order valence-corrected chi connectivity index (χ3v) is 3.16. The number of benzene rings is 1. The number of hydrogen-bond donors (Lipinski definition) is 3. The number of phenolic OH excluding ortho intramolecular Hbond substituents is 1. The average molecular weight is 301 g/mol. The van der Waals surface area contributed by atoms with E-state index < -0.39 is 11.5 Å². The van der Waals surface area contributed by atoms with Crippen LogP contribution in [-0.4, -0.2) is 16.8 Å².